The molecule has 0 saturated heterocycles. The van der Waals surface area contributed by atoms with Gasteiger partial charge in [-0.15, -0.1) is 0 Å². The van der Waals surface area contributed by atoms with E-state index in [1.165, 1.54) is 0 Å². The lowest BCUT2D eigenvalue weighted by Crippen LogP contribution is -2.15. The Morgan fingerprint density at radius 1 is 1.19 bits per heavy atom. The van der Waals surface area contributed by atoms with Crippen molar-refractivity contribution in [3.05, 3.63) is 57.4 Å². The molecule has 110 valence electrons. The van der Waals surface area contributed by atoms with Crippen molar-refractivity contribution in [1.82, 2.24) is 0 Å². The van der Waals surface area contributed by atoms with Gasteiger partial charge in [0.2, 0.25) is 0 Å². The lowest BCUT2D eigenvalue weighted by molar-refractivity contribution is 0.102. The van der Waals surface area contributed by atoms with Gasteiger partial charge in [-0.25, -0.2) is 12.8 Å². The first-order valence-electron chi connectivity index (χ1n) is 5.84. The van der Waals surface area contributed by atoms with Gasteiger partial charge >= 0.3 is 0 Å². The quantitative estimate of drug-likeness (QED) is 0.615. The van der Waals surface area contributed by atoms with Crippen LogP contribution in [-0.4, -0.2) is 20.6 Å². The SMILES string of the molecule is CS(=O)(=O)c1ccc(F)c(NC(=O)c2ccccc2I)c1. The third kappa shape index (κ3) is 3.79. The van der Waals surface area contributed by atoms with Crippen LogP contribution in [0, 0.1) is 9.39 Å². The number of halogens is 2. The van der Waals surface area contributed by atoms with Gasteiger partial charge in [0.1, 0.15) is 5.82 Å². The Bertz CT molecular complexity index is 806. The number of rotatable bonds is 3. The minimum Gasteiger partial charge on any atom is -0.319 e. The standard InChI is InChI=1S/C14H11FINO3S/c1-21(19,20)9-6-7-11(15)13(8-9)17-14(18)10-4-2-3-5-12(10)16/h2-8H,1H3,(H,17,18). The third-order valence-corrected chi connectivity index (χ3v) is 4.78. The van der Waals surface area contributed by atoms with Gasteiger partial charge in [-0.05, 0) is 52.9 Å². The highest BCUT2D eigenvalue weighted by molar-refractivity contribution is 14.1. The molecule has 0 spiro atoms. The van der Waals surface area contributed by atoms with Gasteiger partial charge in [-0.2, -0.15) is 0 Å². The van der Waals surface area contributed by atoms with E-state index in [-0.39, 0.29) is 10.6 Å². The van der Waals surface area contributed by atoms with Crippen molar-refractivity contribution in [1.29, 1.82) is 0 Å². The fourth-order valence-electron chi connectivity index (χ4n) is 1.67. The van der Waals surface area contributed by atoms with Crippen LogP contribution in [0.1, 0.15) is 10.4 Å². The van der Waals surface area contributed by atoms with E-state index in [9.17, 15) is 17.6 Å². The second kappa shape index (κ2) is 6.10. The Morgan fingerprint density at radius 3 is 2.48 bits per heavy atom. The summed E-state index contributed by atoms with van der Waals surface area (Å²) in [6.07, 6.45) is 1.02. The van der Waals surface area contributed by atoms with Crippen LogP contribution in [0.3, 0.4) is 0 Å². The number of sulfone groups is 1. The molecular weight excluding hydrogens is 408 g/mol. The van der Waals surface area contributed by atoms with Crippen LogP contribution < -0.4 is 5.32 Å². The number of carbonyl (C=O) groups is 1. The second-order valence-corrected chi connectivity index (χ2v) is 7.53. The summed E-state index contributed by atoms with van der Waals surface area (Å²) in [5.41, 5.74) is 0.227. The molecule has 2 aromatic rings. The number of hydrogen-bond donors (Lipinski definition) is 1. The van der Waals surface area contributed by atoms with Crippen LogP contribution in [0.25, 0.3) is 0 Å². The summed E-state index contributed by atoms with van der Waals surface area (Å²) >= 11 is 2.00. The topological polar surface area (TPSA) is 63.2 Å². The molecule has 0 aliphatic carbocycles. The molecule has 0 unspecified atom stereocenters. The fraction of sp³-hybridized carbons (Fsp3) is 0.0714. The van der Waals surface area contributed by atoms with Gasteiger partial charge in [0.25, 0.3) is 5.91 Å². The number of amides is 1. The summed E-state index contributed by atoms with van der Waals surface area (Å²) in [7, 11) is -3.47. The molecule has 0 radical (unpaired) electrons. The lowest BCUT2D eigenvalue weighted by Gasteiger charge is -2.09. The summed E-state index contributed by atoms with van der Waals surface area (Å²) in [4.78, 5) is 12.1. The van der Waals surface area contributed by atoms with Crippen molar-refractivity contribution in [2.75, 3.05) is 11.6 Å². The molecule has 0 bridgehead atoms. The number of carbonyl (C=O) groups excluding carboxylic acids is 1. The first kappa shape index (κ1) is 15.9. The highest BCUT2D eigenvalue weighted by Crippen LogP contribution is 2.21. The zero-order valence-corrected chi connectivity index (χ0v) is 13.9. The van der Waals surface area contributed by atoms with E-state index in [4.69, 9.17) is 0 Å². The monoisotopic (exact) mass is 419 g/mol. The van der Waals surface area contributed by atoms with E-state index in [0.717, 1.165) is 24.5 Å². The zero-order valence-electron chi connectivity index (χ0n) is 10.9. The van der Waals surface area contributed by atoms with E-state index < -0.39 is 21.6 Å². The summed E-state index contributed by atoms with van der Waals surface area (Å²) in [6, 6.07) is 10.1. The fourth-order valence-corrected chi connectivity index (χ4v) is 2.95. The molecule has 4 nitrogen and oxygen atoms in total. The molecule has 0 aromatic heterocycles. The summed E-state index contributed by atoms with van der Waals surface area (Å²) in [5.74, 6) is -1.19. The van der Waals surface area contributed by atoms with Crippen LogP contribution in [0.15, 0.2) is 47.4 Å². The Kier molecular flexibility index (Phi) is 4.62. The normalized spacial score (nSPS) is 11.2. The van der Waals surface area contributed by atoms with Crippen LogP contribution in [-0.2, 0) is 9.84 Å². The Hall–Kier alpha value is -1.48. The second-order valence-electron chi connectivity index (χ2n) is 4.35. The van der Waals surface area contributed by atoms with E-state index in [0.29, 0.717) is 9.13 Å². The molecule has 0 aliphatic heterocycles. The van der Waals surface area contributed by atoms with Crippen LogP contribution >= 0.6 is 22.6 Å². The molecule has 0 atom stereocenters. The van der Waals surface area contributed by atoms with Gasteiger partial charge in [-0.1, -0.05) is 12.1 Å². The summed E-state index contributed by atoms with van der Waals surface area (Å²) in [6.45, 7) is 0. The molecular formula is C14H11FINO3S. The molecule has 0 fully saturated rings. The maximum absolute atomic E-state index is 13.7. The van der Waals surface area contributed by atoms with Crippen LogP contribution in [0.2, 0.25) is 0 Å². The number of hydrogen-bond acceptors (Lipinski definition) is 3. The van der Waals surface area contributed by atoms with E-state index in [1.807, 2.05) is 22.6 Å². The van der Waals surface area contributed by atoms with Crippen molar-refractivity contribution in [2.45, 2.75) is 4.90 Å². The highest BCUT2D eigenvalue weighted by Gasteiger charge is 2.15. The summed E-state index contributed by atoms with van der Waals surface area (Å²) in [5, 5.41) is 2.40. The van der Waals surface area contributed by atoms with Crippen LogP contribution in [0.5, 0.6) is 0 Å². The smallest absolute Gasteiger partial charge is 0.256 e. The van der Waals surface area contributed by atoms with Crippen molar-refractivity contribution < 1.29 is 17.6 Å². The van der Waals surface area contributed by atoms with Gasteiger partial charge in [0.15, 0.2) is 9.84 Å². The van der Waals surface area contributed by atoms with Crippen molar-refractivity contribution in [3.63, 3.8) is 0 Å². The molecule has 2 aromatic carbocycles. The van der Waals surface area contributed by atoms with Gasteiger partial charge in [0.05, 0.1) is 16.1 Å². The minimum absolute atomic E-state index is 0.0537. The van der Waals surface area contributed by atoms with Crippen LogP contribution in [0.4, 0.5) is 10.1 Å². The average molecular weight is 419 g/mol. The molecule has 1 amide bonds. The predicted octanol–water partition coefficient (Wildman–Crippen LogP) is 3.09. The van der Waals surface area contributed by atoms with Crippen molar-refractivity contribution in [3.8, 4) is 0 Å². The molecule has 0 saturated carbocycles. The first-order chi connectivity index (χ1) is 9.79. The zero-order chi connectivity index (χ0) is 15.6. The number of benzene rings is 2. The molecule has 2 rings (SSSR count). The van der Waals surface area contributed by atoms with Gasteiger partial charge < -0.3 is 5.32 Å². The van der Waals surface area contributed by atoms with Crippen molar-refractivity contribution in [2.24, 2.45) is 0 Å². The third-order valence-electron chi connectivity index (χ3n) is 2.73. The van der Waals surface area contributed by atoms with E-state index >= 15 is 0 Å². The highest BCUT2D eigenvalue weighted by atomic mass is 127. The van der Waals surface area contributed by atoms with E-state index in [1.54, 1.807) is 24.3 Å². The average Bonchev–Trinajstić information content (AvgIpc) is 2.40. The number of anilines is 1. The largest absolute Gasteiger partial charge is 0.319 e. The maximum atomic E-state index is 13.7. The van der Waals surface area contributed by atoms with Gasteiger partial charge in [-0.3, -0.25) is 4.79 Å². The lowest BCUT2D eigenvalue weighted by atomic mass is 10.2. The van der Waals surface area contributed by atoms with E-state index in [2.05, 4.69) is 5.32 Å². The van der Waals surface area contributed by atoms with Crippen molar-refractivity contribution >= 4 is 44.0 Å². The van der Waals surface area contributed by atoms with Gasteiger partial charge in [0, 0.05) is 9.83 Å². The molecule has 7 heteroatoms. The minimum atomic E-state index is -3.47. The molecule has 1 N–H and O–H groups in total. The Morgan fingerprint density at radius 2 is 1.86 bits per heavy atom. The Labute approximate surface area is 135 Å². The predicted molar refractivity (Wildman–Crippen MR) is 86.6 cm³/mol. The molecule has 0 heterocycles. The Balaban J connectivity index is 2.36. The number of nitrogens with one attached hydrogen (secondary N) is 1. The summed E-state index contributed by atoms with van der Waals surface area (Å²) < 4.78 is 37.4. The first-order valence-corrected chi connectivity index (χ1v) is 8.81. The molecule has 21 heavy (non-hydrogen) atoms. The maximum Gasteiger partial charge on any atom is 0.256 e. The molecule has 0 aliphatic rings.